The summed E-state index contributed by atoms with van der Waals surface area (Å²) in [6.45, 7) is 6.62. The number of rotatable bonds is 6. The number of piperidine rings is 1. The molecule has 35 heavy (non-hydrogen) atoms. The number of carbonyl (C=O) groups excluding carboxylic acids is 1. The molecule has 2 aliphatic rings. The molecule has 0 spiro atoms. The molecule has 7 nitrogen and oxygen atoms in total. The van der Waals surface area contributed by atoms with Gasteiger partial charge in [0.25, 0.3) is 5.91 Å². The van der Waals surface area contributed by atoms with Gasteiger partial charge in [-0.05, 0) is 84.3 Å². The van der Waals surface area contributed by atoms with Gasteiger partial charge in [0.05, 0.1) is 10.7 Å². The molecular weight excluding hydrogens is 607 g/mol. The number of aliphatic hydroxyl groups is 1. The van der Waals surface area contributed by atoms with Gasteiger partial charge in [0, 0.05) is 68.6 Å². The van der Waals surface area contributed by atoms with Crippen LogP contribution in [0.1, 0.15) is 38.2 Å². The van der Waals surface area contributed by atoms with E-state index in [0.717, 1.165) is 30.4 Å². The fraction of sp³-hybridized carbons (Fsp3) is 0.400. The monoisotopic (exact) mass is 639 g/mol. The zero-order chi connectivity index (χ0) is 25.1. The van der Waals surface area contributed by atoms with E-state index in [1.807, 2.05) is 38.0 Å². The molecule has 1 unspecified atom stereocenters. The molecule has 1 fully saturated rings. The minimum Gasteiger partial charge on any atom is -0.475 e. The van der Waals surface area contributed by atoms with Crippen molar-refractivity contribution in [1.29, 1.82) is 0 Å². The third-order valence-corrected chi connectivity index (χ3v) is 6.39. The van der Waals surface area contributed by atoms with Gasteiger partial charge in [-0.2, -0.15) is 0 Å². The first-order valence-corrected chi connectivity index (χ1v) is 12.6. The number of halogens is 2. The van der Waals surface area contributed by atoms with Crippen molar-refractivity contribution in [2.75, 3.05) is 44.1 Å². The van der Waals surface area contributed by atoms with E-state index >= 15 is 0 Å². The largest absolute Gasteiger partial charge is 0.475 e. The minimum absolute atomic E-state index is 0. The van der Waals surface area contributed by atoms with E-state index in [-0.39, 0.29) is 38.6 Å². The van der Waals surface area contributed by atoms with Crippen molar-refractivity contribution in [3.05, 3.63) is 74.8 Å². The number of benzene rings is 2. The molecule has 1 radical (unpaired) electrons. The fourth-order valence-corrected chi connectivity index (χ4v) is 4.45. The van der Waals surface area contributed by atoms with Gasteiger partial charge in [-0.25, -0.2) is 0 Å². The van der Waals surface area contributed by atoms with Crippen LogP contribution < -0.4 is 15.6 Å². The normalized spacial score (nSPS) is 16.1. The second-order valence-corrected chi connectivity index (χ2v) is 8.81. The second-order valence-electron chi connectivity index (χ2n) is 7.55. The SMILES string of the molecule is CC.CN([N-]N1C=C(C(=O)Nc2c(Cl)cccc2Br)C1)c1ccc(C2CCCNC2)cc1.CO.[Y]. The Balaban J connectivity index is 0.00000117. The summed E-state index contributed by atoms with van der Waals surface area (Å²) in [5, 5.41) is 17.4. The first-order chi connectivity index (χ1) is 16.5. The van der Waals surface area contributed by atoms with E-state index in [0.29, 0.717) is 28.7 Å². The van der Waals surface area contributed by atoms with Crippen molar-refractivity contribution < 1.29 is 42.6 Å². The van der Waals surface area contributed by atoms with Gasteiger partial charge in [0.15, 0.2) is 0 Å². The van der Waals surface area contributed by atoms with Gasteiger partial charge in [0.2, 0.25) is 0 Å². The van der Waals surface area contributed by atoms with Gasteiger partial charge >= 0.3 is 0 Å². The van der Waals surface area contributed by atoms with Gasteiger partial charge in [-0.15, -0.1) is 0 Å². The molecule has 1 amide bonds. The molecule has 0 aliphatic carbocycles. The number of nitrogens with zero attached hydrogens (tertiary/aromatic N) is 3. The number of anilines is 2. The van der Waals surface area contributed by atoms with Gasteiger partial charge in [0.1, 0.15) is 0 Å². The van der Waals surface area contributed by atoms with E-state index in [9.17, 15) is 4.79 Å². The van der Waals surface area contributed by atoms with Crippen LogP contribution in [0.2, 0.25) is 5.02 Å². The smallest absolute Gasteiger partial charge is 0.254 e. The number of para-hydroxylation sites is 1. The molecule has 0 saturated carbocycles. The van der Waals surface area contributed by atoms with Crippen LogP contribution in [0, 0.1) is 0 Å². The van der Waals surface area contributed by atoms with Crippen LogP contribution in [-0.4, -0.2) is 49.8 Å². The first kappa shape index (κ1) is 32.0. The van der Waals surface area contributed by atoms with Crippen LogP contribution in [0.15, 0.2) is 58.7 Å². The average molecular weight is 641 g/mol. The number of carbonyl (C=O) groups is 1. The van der Waals surface area contributed by atoms with Gasteiger partial charge in [-0.3, -0.25) is 4.79 Å². The van der Waals surface area contributed by atoms with Crippen LogP contribution >= 0.6 is 27.5 Å². The van der Waals surface area contributed by atoms with Crippen molar-refractivity contribution in [3.63, 3.8) is 0 Å². The summed E-state index contributed by atoms with van der Waals surface area (Å²) in [7, 11) is 2.91. The summed E-state index contributed by atoms with van der Waals surface area (Å²) in [6.07, 6.45) is 4.20. The Morgan fingerprint density at radius 1 is 1.23 bits per heavy atom. The molecule has 2 aliphatic heterocycles. The van der Waals surface area contributed by atoms with Crippen LogP contribution in [0.3, 0.4) is 0 Å². The maximum Gasteiger partial charge on any atom is 0.254 e. The molecular formula is C25H34BrClN5O2Y-. The topological polar surface area (TPSA) is 81.9 Å². The Hall–Kier alpha value is -0.996. The quantitative estimate of drug-likeness (QED) is 0.354. The van der Waals surface area contributed by atoms with Crippen molar-refractivity contribution >= 4 is 44.8 Å². The summed E-state index contributed by atoms with van der Waals surface area (Å²) in [6, 6.07) is 14.0. The number of nitrogens with one attached hydrogen (secondary N) is 2. The number of aliphatic hydroxyl groups excluding tert-OH is 1. The third kappa shape index (κ3) is 9.11. The zero-order valence-electron chi connectivity index (χ0n) is 20.8. The standard InChI is InChI=1S/C22H24BrClN5O.C2H6.CH4O.Y/c1-28(18-9-7-15(8-10-18)16-4-3-11-25-12-16)27-29-13-17(14-29)22(30)26-21-19(23)5-2-6-20(21)24;2*1-2;/h2,5-10,13,16,25H,3-4,11-12,14H2,1H3,(H,26,30);1-2H3;2H,1H3;/q-1;;;. The molecule has 189 valence electrons. The Morgan fingerprint density at radius 3 is 2.46 bits per heavy atom. The fourth-order valence-electron chi connectivity index (χ4n) is 3.65. The van der Waals surface area contributed by atoms with Crippen molar-refractivity contribution in [1.82, 2.24) is 10.3 Å². The third-order valence-electron chi connectivity index (χ3n) is 5.41. The van der Waals surface area contributed by atoms with Crippen LogP contribution in [0.4, 0.5) is 11.4 Å². The maximum absolute atomic E-state index is 12.4. The molecule has 2 aromatic carbocycles. The van der Waals surface area contributed by atoms with E-state index in [1.165, 1.54) is 18.4 Å². The van der Waals surface area contributed by atoms with Crippen LogP contribution in [0.5, 0.6) is 0 Å². The minimum atomic E-state index is -0.177. The van der Waals surface area contributed by atoms with E-state index in [2.05, 4.69) is 56.4 Å². The molecule has 2 aromatic rings. The average Bonchev–Trinajstić information content (AvgIpc) is 2.86. The summed E-state index contributed by atoms with van der Waals surface area (Å²) in [4.78, 5) is 12.4. The van der Waals surface area contributed by atoms with Crippen molar-refractivity contribution in [3.8, 4) is 0 Å². The van der Waals surface area contributed by atoms with Crippen molar-refractivity contribution in [2.24, 2.45) is 0 Å². The number of hydrogen-bond donors (Lipinski definition) is 3. The second kappa shape index (κ2) is 16.7. The Morgan fingerprint density at radius 2 is 1.89 bits per heavy atom. The predicted molar refractivity (Wildman–Crippen MR) is 145 cm³/mol. The zero-order valence-corrected chi connectivity index (χ0v) is 25.9. The van der Waals surface area contributed by atoms with E-state index in [1.54, 1.807) is 17.3 Å². The Labute approximate surface area is 247 Å². The Bertz CT molecular complexity index is 935. The number of amides is 1. The van der Waals surface area contributed by atoms with Gasteiger partial charge < -0.3 is 31.3 Å². The molecule has 3 N–H and O–H groups in total. The molecule has 10 heteroatoms. The summed E-state index contributed by atoms with van der Waals surface area (Å²) >= 11 is 9.57. The number of hydrogen-bond acceptors (Lipinski definition) is 5. The molecule has 2 heterocycles. The molecule has 0 bridgehead atoms. The van der Waals surface area contributed by atoms with Crippen LogP contribution in [-0.2, 0) is 37.5 Å². The molecule has 1 atom stereocenters. The maximum atomic E-state index is 12.4. The van der Waals surface area contributed by atoms with Gasteiger partial charge in [-0.1, -0.05) is 43.6 Å². The van der Waals surface area contributed by atoms with E-state index < -0.39 is 0 Å². The van der Waals surface area contributed by atoms with Crippen molar-refractivity contribution in [2.45, 2.75) is 32.6 Å². The summed E-state index contributed by atoms with van der Waals surface area (Å²) in [5.41, 5.74) is 8.14. The summed E-state index contributed by atoms with van der Waals surface area (Å²) in [5.74, 6) is 0.413. The molecule has 4 rings (SSSR count). The first-order valence-electron chi connectivity index (χ1n) is 11.4. The molecule has 0 aromatic heterocycles. The van der Waals surface area contributed by atoms with Crippen LogP contribution in [0.25, 0.3) is 5.53 Å². The van der Waals surface area contributed by atoms with E-state index in [4.69, 9.17) is 16.7 Å². The summed E-state index contributed by atoms with van der Waals surface area (Å²) < 4.78 is 0.747. The Kier molecular flexibility index (Phi) is 15.3. The molecule has 1 saturated heterocycles. The predicted octanol–water partition coefficient (Wildman–Crippen LogP) is 5.68.